The van der Waals surface area contributed by atoms with Crippen LogP contribution in [-0.4, -0.2) is 6.04 Å². The Hall–Kier alpha value is -4.14. The van der Waals surface area contributed by atoms with Crippen molar-refractivity contribution in [3.63, 3.8) is 0 Å². The molecular formula is C37H31NS. The lowest BCUT2D eigenvalue weighted by atomic mass is 9.89. The summed E-state index contributed by atoms with van der Waals surface area (Å²) in [6.07, 6.45) is 0. The van der Waals surface area contributed by atoms with E-state index < -0.39 is 0 Å². The minimum Gasteiger partial charge on any atom is -0.337 e. The van der Waals surface area contributed by atoms with Crippen molar-refractivity contribution in [1.29, 1.82) is 0 Å². The molecule has 0 radical (unpaired) electrons. The number of fused-ring (bicyclic) bond motifs is 5. The fraction of sp³-hybridized carbons (Fsp3) is 0.135. The molecule has 39 heavy (non-hydrogen) atoms. The minimum absolute atomic E-state index is 0.281. The maximum atomic E-state index is 2.64. The molecule has 0 aliphatic heterocycles. The van der Waals surface area contributed by atoms with Gasteiger partial charge in [-0.25, -0.2) is 0 Å². The molecule has 0 aliphatic carbocycles. The first-order valence-electron chi connectivity index (χ1n) is 13.8. The van der Waals surface area contributed by atoms with E-state index >= 15 is 0 Å². The Labute approximate surface area is 233 Å². The van der Waals surface area contributed by atoms with Crippen LogP contribution in [0.25, 0.3) is 52.8 Å². The highest BCUT2D eigenvalue weighted by molar-refractivity contribution is 7.26. The molecule has 1 atom stereocenters. The number of nitrogens with zero attached hydrogens (tertiary/aromatic N) is 1. The first kappa shape index (κ1) is 23.9. The van der Waals surface area contributed by atoms with Crippen molar-refractivity contribution in [3.05, 3.63) is 121 Å². The molecule has 0 aliphatic rings. The topological polar surface area (TPSA) is 3.24 Å². The molecule has 0 bridgehead atoms. The van der Waals surface area contributed by atoms with Crippen molar-refractivity contribution in [2.24, 2.45) is 5.92 Å². The lowest BCUT2D eigenvalue weighted by Crippen LogP contribution is -2.33. The molecule has 7 aromatic rings. The highest BCUT2D eigenvalue weighted by Crippen LogP contribution is 2.49. The molecule has 1 unspecified atom stereocenters. The van der Waals surface area contributed by atoms with Crippen LogP contribution in [0.15, 0.2) is 121 Å². The third kappa shape index (κ3) is 3.82. The summed E-state index contributed by atoms with van der Waals surface area (Å²) in [5, 5.41) is 7.86. The third-order valence-corrected chi connectivity index (χ3v) is 9.35. The Morgan fingerprint density at radius 2 is 1.05 bits per heavy atom. The van der Waals surface area contributed by atoms with Crippen molar-refractivity contribution in [3.8, 4) is 11.1 Å². The number of hydrogen-bond donors (Lipinski definition) is 0. The summed E-state index contributed by atoms with van der Waals surface area (Å²) in [6.45, 7) is 7.06. The van der Waals surface area contributed by atoms with Crippen molar-refractivity contribution in [2.45, 2.75) is 26.8 Å². The predicted molar refractivity (Wildman–Crippen MR) is 173 cm³/mol. The van der Waals surface area contributed by atoms with Gasteiger partial charge in [0, 0.05) is 37.0 Å². The van der Waals surface area contributed by atoms with Crippen LogP contribution in [0.4, 0.5) is 11.4 Å². The van der Waals surface area contributed by atoms with E-state index in [4.69, 9.17) is 0 Å². The summed E-state index contributed by atoms with van der Waals surface area (Å²) in [5.41, 5.74) is 5.14. The first-order chi connectivity index (χ1) is 19.1. The average molecular weight is 522 g/mol. The van der Waals surface area contributed by atoms with Crippen LogP contribution in [0.5, 0.6) is 0 Å². The van der Waals surface area contributed by atoms with Gasteiger partial charge in [0.1, 0.15) is 0 Å². The molecular weight excluding hydrogens is 490 g/mol. The first-order valence-corrected chi connectivity index (χ1v) is 14.6. The number of hydrogen-bond acceptors (Lipinski definition) is 2. The van der Waals surface area contributed by atoms with E-state index in [1.165, 1.54) is 64.2 Å². The molecule has 1 nitrogen and oxygen atoms in total. The van der Waals surface area contributed by atoms with Gasteiger partial charge in [-0.05, 0) is 52.9 Å². The summed E-state index contributed by atoms with van der Waals surface area (Å²) in [5.74, 6) is 0.455. The number of thiophene rings is 1. The quantitative estimate of drug-likeness (QED) is 0.204. The van der Waals surface area contributed by atoms with Gasteiger partial charge in [-0.15, -0.1) is 11.3 Å². The molecule has 0 saturated heterocycles. The summed E-state index contributed by atoms with van der Waals surface area (Å²) in [7, 11) is 0. The molecule has 0 N–H and O–H groups in total. The Morgan fingerprint density at radius 1 is 0.513 bits per heavy atom. The van der Waals surface area contributed by atoms with Crippen molar-refractivity contribution >= 4 is 64.4 Å². The van der Waals surface area contributed by atoms with Crippen molar-refractivity contribution in [1.82, 2.24) is 0 Å². The molecule has 7 rings (SSSR count). The normalized spacial score (nSPS) is 12.6. The van der Waals surface area contributed by atoms with E-state index in [-0.39, 0.29) is 6.04 Å². The van der Waals surface area contributed by atoms with Crippen LogP contribution in [0.2, 0.25) is 0 Å². The number of anilines is 2. The fourth-order valence-corrected chi connectivity index (χ4v) is 7.21. The van der Waals surface area contributed by atoms with Crippen molar-refractivity contribution < 1.29 is 0 Å². The van der Waals surface area contributed by atoms with Crippen LogP contribution in [0, 0.1) is 5.92 Å². The van der Waals surface area contributed by atoms with Gasteiger partial charge in [-0.1, -0.05) is 117 Å². The molecule has 1 aromatic heterocycles. The lowest BCUT2D eigenvalue weighted by Gasteiger charge is -2.37. The molecule has 1 heterocycles. The lowest BCUT2D eigenvalue weighted by molar-refractivity contribution is 0.521. The Morgan fingerprint density at radius 3 is 1.69 bits per heavy atom. The number of rotatable bonds is 5. The van der Waals surface area contributed by atoms with Gasteiger partial charge in [0.15, 0.2) is 0 Å². The number of benzene rings is 6. The largest absolute Gasteiger partial charge is 0.337 e. The smallest absolute Gasteiger partial charge is 0.0573 e. The SMILES string of the molecule is CC(C)C(C)N(c1c2ccccc2c(-c2ccccc2)c2ccccc12)c1cccc2sc3ccccc3c12. The minimum atomic E-state index is 0.281. The van der Waals surface area contributed by atoms with Crippen LogP contribution in [0.1, 0.15) is 20.8 Å². The average Bonchev–Trinajstić information content (AvgIpc) is 3.36. The van der Waals surface area contributed by atoms with Crippen LogP contribution < -0.4 is 4.90 Å². The molecule has 0 saturated carbocycles. The predicted octanol–water partition coefficient (Wildman–Crippen LogP) is 11.2. The van der Waals surface area contributed by atoms with Crippen LogP contribution in [0.3, 0.4) is 0 Å². The monoisotopic (exact) mass is 521 g/mol. The fourth-order valence-electron chi connectivity index (χ4n) is 6.08. The second kappa shape index (κ2) is 9.55. The summed E-state index contributed by atoms with van der Waals surface area (Å²) in [6, 6.07) is 44.8. The molecule has 0 amide bonds. The van der Waals surface area contributed by atoms with E-state index in [9.17, 15) is 0 Å². The molecule has 0 fully saturated rings. The molecule has 0 spiro atoms. The summed E-state index contributed by atoms with van der Waals surface area (Å²) >= 11 is 1.89. The van der Waals surface area contributed by atoms with Gasteiger partial charge >= 0.3 is 0 Å². The van der Waals surface area contributed by atoms with Gasteiger partial charge in [-0.3, -0.25) is 0 Å². The zero-order valence-corrected chi connectivity index (χ0v) is 23.4. The second-order valence-electron chi connectivity index (χ2n) is 10.8. The third-order valence-electron chi connectivity index (χ3n) is 8.22. The van der Waals surface area contributed by atoms with Gasteiger partial charge in [0.25, 0.3) is 0 Å². The highest BCUT2D eigenvalue weighted by atomic mass is 32.1. The standard InChI is InChI=1S/C37H31NS/c1-24(2)25(3)38(32-21-13-23-34-36(32)31-20-11-12-22-33(31)39-34)37-29-18-9-7-16-27(29)35(26-14-5-4-6-15-26)28-17-8-10-19-30(28)37/h4-25H,1-3H3. The Bertz CT molecular complexity index is 1910. The Kier molecular flexibility index (Phi) is 5.86. The molecule has 6 aromatic carbocycles. The van der Waals surface area contributed by atoms with E-state index in [1.807, 2.05) is 11.3 Å². The Balaban J connectivity index is 1.65. The van der Waals surface area contributed by atoms with Gasteiger partial charge in [0.2, 0.25) is 0 Å². The summed E-state index contributed by atoms with van der Waals surface area (Å²) in [4.78, 5) is 2.64. The maximum absolute atomic E-state index is 2.64. The zero-order chi connectivity index (χ0) is 26.5. The van der Waals surface area contributed by atoms with E-state index in [2.05, 4.69) is 147 Å². The molecule has 2 heteroatoms. The van der Waals surface area contributed by atoms with Crippen LogP contribution in [-0.2, 0) is 0 Å². The van der Waals surface area contributed by atoms with Crippen molar-refractivity contribution in [2.75, 3.05) is 4.90 Å². The molecule has 190 valence electrons. The van der Waals surface area contributed by atoms with Gasteiger partial charge in [-0.2, -0.15) is 0 Å². The highest BCUT2D eigenvalue weighted by Gasteiger charge is 2.27. The zero-order valence-electron chi connectivity index (χ0n) is 22.6. The summed E-state index contributed by atoms with van der Waals surface area (Å²) < 4.78 is 2.68. The van der Waals surface area contributed by atoms with Gasteiger partial charge < -0.3 is 4.90 Å². The van der Waals surface area contributed by atoms with E-state index in [1.54, 1.807) is 0 Å². The van der Waals surface area contributed by atoms with Crippen LogP contribution >= 0.6 is 11.3 Å². The van der Waals surface area contributed by atoms with E-state index in [0.29, 0.717) is 5.92 Å². The van der Waals surface area contributed by atoms with Gasteiger partial charge in [0.05, 0.1) is 11.4 Å². The van der Waals surface area contributed by atoms with E-state index in [0.717, 1.165) is 0 Å². The second-order valence-corrected chi connectivity index (χ2v) is 11.9. The maximum Gasteiger partial charge on any atom is 0.0573 e.